The summed E-state index contributed by atoms with van der Waals surface area (Å²) in [5.41, 5.74) is 0. The molecule has 82 valence electrons. The Morgan fingerprint density at radius 1 is 1.00 bits per heavy atom. The summed E-state index contributed by atoms with van der Waals surface area (Å²) >= 11 is 0. The van der Waals surface area contributed by atoms with E-state index < -0.39 is 0 Å². The predicted molar refractivity (Wildman–Crippen MR) is 60.2 cm³/mol. The lowest BCUT2D eigenvalue weighted by atomic mass is 9.83. The Balaban J connectivity index is 2.49. The van der Waals surface area contributed by atoms with Gasteiger partial charge in [-0.05, 0) is 18.8 Å². The van der Waals surface area contributed by atoms with E-state index in [2.05, 4.69) is 20.8 Å². The molecule has 0 aromatic carbocycles. The Morgan fingerprint density at radius 3 is 1.93 bits per heavy atom. The molecule has 1 fully saturated rings. The molecule has 0 amide bonds. The van der Waals surface area contributed by atoms with Crippen LogP contribution >= 0.6 is 0 Å². The van der Waals surface area contributed by atoms with Crippen molar-refractivity contribution in [2.45, 2.75) is 59.3 Å². The first-order valence-electron chi connectivity index (χ1n) is 6.16. The van der Waals surface area contributed by atoms with Crippen molar-refractivity contribution in [1.82, 2.24) is 0 Å². The molecule has 0 aromatic heterocycles. The molecule has 1 unspecified atom stereocenters. The first kappa shape index (κ1) is 11.7. The number of carbonyl (C=O) groups is 1. The second kappa shape index (κ2) is 5.53. The maximum Gasteiger partial charge on any atom is 0.139 e. The Bertz CT molecular complexity index is 176. The van der Waals surface area contributed by atoms with Gasteiger partial charge in [-0.25, -0.2) is 0 Å². The first-order chi connectivity index (χ1) is 6.63. The zero-order chi connectivity index (χ0) is 10.6. The van der Waals surface area contributed by atoms with Crippen LogP contribution < -0.4 is 0 Å². The largest absolute Gasteiger partial charge is 0.299 e. The molecule has 1 aliphatic carbocycles. The standard InChI is InChI=1S/C13H24O/c1-10(2)11(3)13(14)12-8-6-4-5-7-9-12/h10-12H,4-9H2,1-3H3. The van der Waals surface area contributed by atoms with Crippen molar-refractivity contribution in [1.29, 1.82) is 0 Å². The summed E-state index contributed by atoms with van der Waals surface area (Å²) in [6, 6.07) is 0. The number of carbonyl (C=O) groups excluding carboxylic acids is 1. The van der Waals surface area contributed by atoms with Crippen molar-refractivity contribution in [3.8, 4) is 0 Å². The van der Waals surface area contributed by atoms with Crippen LogP contribution in [0.4, 0.5) is 0 Å². The van der Waals surface area contributed by atoms with E-state index in [9.17, 15) is 4.79 Å². The normalized spacial score (nSPS) is 22.0. The summed E-state index contributed by atoms with van der Waals surface area (Å²) in [5.74, 6) is 1.68. The molecule has 1 aliphatic rings. The molecule has 0 aliphatic heterocycles. The van der Waals surface area contributed by atoms with Crippen LogP contribution in [0.15, 0.2) is 0 Å². The molecule has 1 heteroatoms. The number of ketones is 1. The molecule has 0 heterocycles. The van der Waals surface area contributed by atoms with Gasteiger partial charge in [0.1, 0.15) is 5.78 Å². The highest BCUT2D eigenvalue weighted by Crippen LogP contribution is 2.27. The Kier molecular flexibility index (Phi) is 4.64. The van der Waals surface area contributed by atoms with Gasteiger partial charge < -0.3 is 0 Å². The van der Waals surface area contributed by atoms with Gasteiger partial charge in [-0.3, -0.25) is 4.79 Å². The van der Waals surface area contributed by atoms with Gasteiger partial charge in [0.15, 0.2) is 0 Å². The number of rotatable bonds is 3. The van der Waals surface area contributed by atoms with Crippen LogP contribution in [0.2, 0.25) is 0 Å². The lowest BCUT2D eigenvalue weighted by molar-refractivity contribution is -0.127. The topological polar surface area (TPSA) is 17.1 Å². The fourth-order valence-corrected chi connectivity index (χ4v) is 2.26. The highest BCUT2D eigenvalue weighted by atomic mass is 16.1. The molecule has 1 saturated carbocycles. The highest BCUT2D eigenvalue weighted by Gasteiger charge is 2.25. The van der Waals surface area contributed by atoms with Crippen LogP contribution in [0.3, 0.4) is 0 Å². The summed E-state index contributed by atoms with van der Waals surface area (Å²) in [4.78, 5) is 12.1. The van der Waals surface area contributed by atoms with Crippen molar-refractivity contribution in [2.24, 2.45) is 17.8 Å². The van der Waals surface area contributed by atoms with Gasteiger partial charge in [0.05, 0.1) is 0 Å². The molecule has 1 rings (SSSR count). The fourth-order valence-electron chi connectivity index (χ4n) is 2.26. The van der Waals surface area contributed by atoms with Gasteiger partial charge in [0, 0.05) is 11.8 Å². The molecular weight excluding hydrogens is 172 g/mol. The molecule has 0 radical (unpaired) electrons. The van der Waals surface area contributed by atoms with Crippen molar-refractivity contribution in [3.63, 3.8) is 0 Å². The zero-order valence-electron chi connectivity index (χ0n) is 9.88. The van der Waals surface area contributed by atoms with Crippen molar-refractivity contribution >= 4 is 5.78 Å². The van der Waals surface area contributed by atoms with Gasteiger partial charge in [-0.2, -0.15) is 0 Å². The minimum absolute atomic E-state index is 0.262. The predicted octanol–water partition coefficient (Wildman–Crippen LogP) is 3.82. The van der Waals surface area contributed by atoms with E-state index >= 15 is 0 Å². The molecule has 0 spiro atoms. The SMILES string of the molecule is CC(C)C(C)C(=O)C1CCCCCC1. The van der Waals surface area contributed by atoms with Crippen molar-refractivity contribution in [2.75, 3.05) is 0 Å². The number of hydrogen-bond donors (Lipinski definition) is 0. The van der Waals surface area contributed by atoms with E-state index in [1.165, 1.54) is 25.7 Å². The van der Waals surface area contributed by atoms with E-state index in [0.29, 0.717) is 17.6 Å². The quantitative estimate of drug-likeness (QED) is 0.627. The molecular formula is C13H24O. The average Bonchev–Trinajstić information content (AvgIpc) is 2.43. The second-order valence-corrected chi connectivity index (χ2v) is 5.12. The van der Waals surface area contributed by atoms with E-state index in [1.807, 2.05) is 0 Å². The van der Waals surface area contributed by atoms with Crippen LogP contribution in [0.25, 0.3) is 0 Å². The molecule has 0 N–H and O–H groups in total. The molecule has 0 saturated heterocycles. The fraction of sp³-hybridized carbons (Fsp3) is 0.923. The molecule has 0 aromatic rings. The van der Waals surface area contributed by atoms with Crippen LogP contribution in [-0.2, 0) is 4.79 Å². The van der Waals surface area contributed by atoms with Gasteiger partial charge in [-0.15, -0.1) is 0 Å². The lowest BCUT2D eigenvalue weighted by Gasteiger charge is -2.20. The lowest BCUT2D eigenvalue weighted by Crippen LogP contribution is -2.24. The molecule has 1 atom stereocenters. The minimum Gasteiger partial charge on any atom is -0.299 e. The number of hydrogen-bond acceptors (Lipinski definition) is 1. The van der Waals surface area contributed by atoms with E-state index in [1.54, 1.807) is 0 Å². The molecule has 1 nitrogen and oxygen atoms in total. The van der Waals surface area contributed by atoms with Crippen LogP contribution in [0.5, 0.6) is 0 Å². The summed E-state index contributed by atoms with van der Waals surface area (Å²) < 4.78 is 0. The van der Waals surface area contributed by atoms with Crippen LogP contribution in [0.1, 0.15) is 59.3 Å². The Hall–Kier alpha value is -0.330. The van der Waals surface area contributed by atoms with Crippen LogP contribution in [-0.4, -0.2) is 5.78 Å². The van der Waals surface area contributed by atoms with Gasteiger partial charge in [-0.1, -0.05) is 46.5 Å². The maximum absolute atomic E-state index is 12.1. The van der Waals surface area contributed by atoms with E-state index in [0.717, 1.165) is 12.8 Å². The summed E-state index contributed by atoms with van der Waals surface area (Å²) in [7, 11) is 0. The van der Waals surface area contributed by atoms with Crippen molar-refractivity contribution in [3.05, 3.63) is 0 Å². The zero-order valence-corrected chi connectivity index (χ0v) is 9.88. The third kappa shape index (κ3) is 3.11. The monoisotopic (exact) mass is 196 g/mol. The van der Waals surface area contributed by atoms with E-state index in [-0.39, 0.29) is 5.92 Å². The first-order valence-corrected chi connectivity index (χ1v) is 6.16. The highest BCUT2D eigenvalue weighted by molar-refractivity contribution is 5.83. The second-order valence-electron chi connectivity index (χ2n) is 5.12. The minimum atomic E-state index is 0.262. The van der Waals surface area contributed by atoms with E-state index in [4.69, 9.17) is 0 Å². The summed E-state index contributed by atoms with van der Waals surface area (Å²) in [5, 5.41) is 0. The third-order valence-corrected chi connectivity index (χ3v) is 3.71. The van der Waals surface area contributed by atoms with Gasteiger partial charge >= 0.3 is 0 Å². The number of Topliss-reactive ketones (excluding diaryl/α,β-unsaturated/α-hetero) is 1. The third-order valence-electron chi connectivity index (χ3n) is 3.71. The van der Waals surface area contributed by atoms with Gasteiger partial charge in [0.25, 0.3) is 0 Å². The van der Waals surface area contributed by atoms with Gasteiger partial charge in [0.2, 0.25) is 0 Å². The van der Waals surface area contributed by atoms with Crippen molar-refractivity contribution < 1.29 is 4.79 Å². The summed E-state index contributed by atoms with van der Waals surface area (Å²) in [6.45, 7) is 6.40. The van der Waals surface area contributed by atoms with Crippen LogP contribution in [0, 0.1) is 17.8 Å². The average molecular weight is 196 g/mol. The maximum atomic E-state index is 12.1. The smallest absolute Gasteiger partial charge is 0.139 e. The Labute approximate surface area is 88.3 Å². The Morgan fingerprint density at radius 2 is 1.50 bits per heavy atom. The molecule has 0 bridgehead atoms. The molecule has 14 heavy (non-hydrogen) atoms. The summed E-state index contributed by atoms with van der Waals surface area (Å²) in [6.07, 6.45) is 7.49.